The summed E-state index contributed by atoms with van der Waals surface area (Å²) < 4.78 is 18.2. The van der Waals surface area contributed by atoms with Crippen LogP contribution in [0, 0.1) is 5.82 Å². The van der Waals surface area contributed by atoms with Crippen LogP contribution >= 0.6 is 11.8 Å². The van der Waals surface area contributed by atoms with Crippen molar-refractivity contribution in [1.82, 2.24) is 15.2 Å². The molecule has 1 aromatic heterocycles. The van der Waals surface area contributed by atoms with E-state index >= 15 is 0 Å². The highest BCUT2D eigenvalue weighted by Gasteiger charge is 2.16. The van der Waals surface area contributed by atoms with Crippen LogP contribution in [-0.4, -0.2) is 40.5 Å². The van der Waals surface area contributed by atoms with Gasteiger partial charge in [0.05, 0.1) is 12.9 Å². The molecule has 140 valence electrons. The van der Waals surface area contributed by atoms with Crippen LogP contribution in [0.15, 0.2) is 53.7 Å². The van der Waals surface area contributed by atoms with Gasteiger partial charge in [0.25, 0.3) is 0 Å². The zero-order valence-electron chi connectivity index (χ0n) is 15.0. The molecule has 1 heterocycles. The van der Waals surface area contributed by atoms with Gasteiger partial charge in [-0.15, -0.1) is 5.10 Å². The number of aromatic amines is 1. The summed E-state index contributed by atoms with van der Waals surface area (Å²) in [6, 6.07) is 13.3. The standard InChI is InChI=1S/C19H19FN4O2S/c1-3-24(15-8-6-14(20)7-9-15)17(25)12-27-19-21-18(22-23-19)13-4-10-16(26-2)11-5-13/h4-11H,3,12H2,1-2H3,(H,21,22,23). The largest absolute Gasteiger partial charge is 0.497 e. The van der Waals surface area contributed by atoms with E-state index in [1.807, 2.05) is 31.2 Å². The van der Waals surface area contributed by atoms with E-state index in [0.717, 1.165) is 11.3 Å². The molecule has 1 amide bonds. The lowest BCUT2D eigenvalue weighted by Crippen LogP contribution is -2.32. The van der Waals surface area contributed by atoms with Crippen LogP contribution in [0.4, 0.5) is 10.1 Å². The Morgan fingerprint density at radius 2 is 1.89 bits per heavy atom. The summed E-state index contributed by atoms with van der Waals surface area (Å²) in [4.78, 5) is 18.5. The number of rotatable bonds is 7. The van der Waals surface area contributed by atoms with Crippen LogP contribution in [0.3, 0.4) is 0 Å². The van der Waals surface area contributed by atoms with E-state index in [1.165, 1.54) is 23.9 Å². The van der Waals surface area contributed by atoms with Gasteiger partial charge in [0.1, 0.15) is 11.6 Å². The van der Waals surface area contributed by atoms with E-state index in [-0.39, 0.29) is 17.5 Å². The molecular weight excluding hydrogens is 367 g/mol. The fourth-order valence-electron chi connectivity index (χ4n) is 2.52. The van der Waals surface area contributed by atoms with Crippen LogP contribution in [-0.2, 0) is 4.79 Å². The fourth-order valence-corrected chi connectivity index (χ4v) is 3.19. The summed E-state index contributed by atoms with van der Waals surface area (Å²) in [5.41, 5.74) is 1.54. The smallest absolute Gasteiger partial charge is 0.237 e. The molecule has 0 unspecified atom stereocenters. The topological polar surface area (TPSA) is 71.1 Å². The Balaban J connectivity index is 1.63. The number of nitrogens with zero attached hydrogens (tertiary/aromatic N) is 3. The number of benzene rings is 2. The Morgan fingerprint density at radius 3 is 2.52 bits per heavy atom. The molecule has 0 aliphatic heterocycles. The number of halogens is 1. The molecule has 27 heavy (non-hydrogen) atoms. The molecule has 8 heteroatoms. The molecule has 3 aromatic rings. The molecular formula is C19H19FN4O2S. The van der Waals surface area contributed by atoms with E-state index in [9.17, 15) is 9.18 Å². The van der Waals surface area contributed by atoms with Crippen molar-refractivity contribution in [2.24, 2.45) is 0 Å². The average molecular weight is 386 g/mol. The highest BCUT2D eigenvalue weighted by molar-refractivity contribution is 7.99. The van der Waals surface area contributed by atoms with Crippen molar-refractivity contribution in [2.75, 3.05) is 24.3 Å². The third-order valence-electron chi connectivity index (χ3n) is 3.91. The zero-order valence-corrected chi connectivity index (χ0v) is 15.8. The van der Waals surface area contributed by atoms with E-state index in [2.05, 4.69) is 15.2 Å². The van der Waals surface area contributed by atoms with Crippen molar-refractivity contribution < 1.29 is 13.9 Å². The molecule has 0 saturated heterocycles. The number of nitrogens with one attached hydrogen (secondary N) is 1. The number of anilines is 1. The monoisotopic (exact) mass is 386 g/mol. The number of carbonyl (C=O) groups is 1. The Bertz CT molecular complexity index is 897. The summed E-state index contributed by atoms with van der Waals surface area (Å²) in [5.74, 6) is 1.15. The molecule has 6 nitrogen and oxygen atoms in total. The first-order valence-electron chi connectivity index (χ1n) is 8.36. The first kappa shape index (κ1) is 18.9. The Kier molecular flexibility index (Phi) is 6.08. The van der Waals surface area contributed by atoms with Crippen LogP contribution < -0.4 is 9.64 Å². The van der Waals surface area contributed by atoms with Gasteiger partial charge < -0.3 is 9.64 Å². The predicted molar refractivity (Wildman–Crippen MR) is 104 cm³/mol. The molecule has 0 aliphatic rings. The second-order valence-electron chi connectivity index (χ2n) is 5.60. The van der Waals surface area contributed by atoms with E-state index in [4.69, 9.17) is 4.74 Å². The quantitative estimate of drug-likeness (QED) is 0.626. The molecule has 1 N–H and O–H groups in total. The van der Waals surface area contributed by atoms with Gasteiger partial charge in [-0.1, -0.05) is 11.8 Å². The van der Waals surface area contributed by atoms with Crippen molar-refractivity contribution >= 4 is 23.4 Å². The van der Waals surface area contributed by atoms with Crippen molar-refractivity contribution in [2.45, 2.75) is 12.1 Å². The number of amides is 1. The molecule has 0 bridgehead atoms. The minimum absolute atomic E-state index is 0.0927. The summed E-state index contributed by atoms with van der Waals surface area (Å²) in [5, 5.41) is 7.52. The number of aromatic nitrogens is 3. The summed E-state index contributed by atoms with van der Waals surface area (Å²) in [6.45, 7) is 2.37. The molecule has 2 aromatic carbocycles. The van der Waals surface area contributed by atoms with E-state index in [0.29, 0.717) is 23.2 Å². The van der Waals surface area contributed by atoms with Crippen LogP contribution in [0.1, 0.15) is 6.92 Å². The fraction of sp³-hybridized carbons (Fsp3) is 0.211. The maximum Gasteiger partial charge on any atom is 0.237 e. The number of hydrogen-bond donors (Lipinski definition) is 1. The molecule has 0 aliphatic carbocycles. The third kappa shape index (κ3) is 4.65. The normalized spacial score (nSPS) is 10.6. The first-order valence-corrected chi connectivity index (χ1v) is 9.35. The van der Waals surface area contributed by atoms with Gasteiger partial charge in [-0.2, -0.15) is 0 Å². The second-order valence-corrected chi connectivity index (χ2v) is 6.54. The average Bonchev–Trinajstić information content (AvgIpc) is 3.17. The van der Waals surface area contributed by atoms with Crippen molar-refractivity contribution in [3.8, 4) is 17.1 Å². The predicted octanol–water partition coefficient (Wildman–Crippen LogP) is 3.76. The molecule has 0 atom stereocenters. The van der Waals surface area contributed by atoms with Crippen LogP contribution in [0.25, 0.3) is 11.4 Å². The minimum Gasteiger partial charge on any atom is -0.497 e. The Hall–Kier alpha value is -2.87. The summed E-state index contributed by atoms with van der Waals surface area (Å²) in [7, 11) is 1.61. The number of ether oxygens (including phenoxy) is 1. The van der Waals surface area contributed by atoms with Crippen molar-refractivity contribution in [3.63, 3.8) is 0 Å². The molecule has 3 rings (SSSR count). The highest BCUT2D eigenvalue weighted by atomic mass is 32.2. The lowest BCUT2D eigenvalue weighted by atomic mass is 10.2. The van der Waals surface area contributed by atoms with Crippen LogP contribution in [0.2, 0.25) is 0 Å². The number of hydrogen-bond acceptors (Lipinski definition) is 5. The van der Waals surface area contributed by atoms with E-state index < -0.39 is 0 Å². The summed E-state index contributed by atoms with van der Waals surface area (Å²) in [6.07, 6.45) is 0. The SMILES string of the molecule is CCN(C(=O)CSc1n[nH]c(-c2ccc(OC)cc2)n1)c1ccc(F)cc1. The molecule has 0 spiro atoms. The lowest BCUT2D eigenvalue weighted by Gasteiger charge is -2.20. The summed E-state index contributed by atoms with van der Waals surface area (Å²) >= 11 is 1.25. The Labute approximate surface area is 160 Å². The Morgan fingerprint density at radius 1 is 1.19 bits per heavy atom. The molecule has 0 radical (unpaired) electrons. The lowest BCUT2D eigenvalue weighted by molar-refractivity contribution is -0.116. The molecule has 0 fully saturated rings. The maximum atomic E-state index is 13.1. The van der Waals surface area contributed by atoms with Gasteiger partial charge in [-0.3, -0.25) is 9.89 Å². The highest BCUT2D eigenvalue weighted by Crippen LogP contribution is 2.23. The van der Waals surface area contributed by atoms with Gasteiger partial charge >= 0.3 is 0 Å². The minimum atomic E-state index is -0.330. The van der Waals surface area contributed by atoms with E-state index in [1.54, 1.807) is 24.1 Å². The van der Waals surface area contributed by atoms with Crippen molar-refractivity contribution in [3.05, 3.63) is 54.3 Å². The maximum absolute atomic E-state index is 13.1. The number of carbonyl (C=O) groups excluding carboxylic acids is 1. The van der Waals surface area contributed by atoms with Gasteiger partial charge in [-0.05, 0) is 55.5 Å². The second kappa shape index (κ2) is 8.68. The number of H-pyrrole nitrogens is 1. The number of thioether (sulfide) groups is 1. The van der Waals surface area contributed by atoms with Gasteiger partial charge in [-0.25, -0.2) is 9.37 Å². The first-order chi connectivity index (χ1) is 13.1. The zero-order chi connectivity index (χ0) is 19.2. The van der Waals surface area contributed by atoms with Crippen molar-refractivity contribution in [1.29, 1.82) is 0 Å². The third-order valence-corrected chi connectivity index (χ3v) is 4.74. The van der Waals surface area contributed by atoms with Gasteiger partial charge in [0, 0.05) is 17.8 Å². The molecule has 0 saturated carbocycles. The van der Waals surface area contributed by atoms with Gasteiger partial charge in [0.15, 0.2) is 5.82 Å². The number of methoxy groups -OCH3 is 1. The van der Waals surface area contributed by atoms with Crippen LogP contribution in [0.5, 0.6) is 5.75 Å². The van der Waals surface area contributed by atoms with Gasteiger partial charge in [0.2, 0.25) is 11.1 Å².